The summed E-state index contributed by atoms with van der Waals surface area (Å²) in [5.41, 5.74) is 1.04. The second-order valence-corrected chi connectivity index (χ2v) is 13.7. The monoisotopic (exact) mass is 562 g/mol. The van der Waals surface area contributed by atoms with Crippen molar-refractivity contribution in [2.75, 3.05) is 7.11 Å². The third-order valence-electron chi connectivity index (χ3n) is 10.8. The molecule has 1 aliphatic heterocycles. The van der Waals surface area contributed by atoms with Gasteiger partial charge in [0.15, 0.2) is 17.6 Å². The molecule has 1 aromatic carbocycles. The SMILES string of the molecule is COC12CC=C(OC(=O)C3CC3)C3Oc4c(OC(=O)C5CC5)ccc(c4C31CCC(C)CCC(=O)C1CC1)CC2C. The molecule has 7 nitrogen and oxygen atoms in total. The minimum absolute atomic E-state index is 0.0374. The lowest BCUT2D eigenvalue weighted by molar-refractivity contribution is -0.160. The van der Waals surface area contributed by atoms with Crippen LogP contribution in [0.25, 0.3) is 0 Å². The van der Waals surface area contributed by atoms with Crippen LogP contribution in [0.3, 0.4) is 0 Å². The summed E-state index contributed by atoms with van der Waals surface area (Å²) in [5.74, 6) is 2.35. The fraction of sp³-hybridized carbons (Fsp3) is 0.676. The molecule has 7 rings (SSSR count). The highest BCUT2D eigenvalue weighted by Crippen LogP contribution is 2.66. The molecule has 0 saturated heterocycles. The molecule has 3 saturated carbocycles. The smallest absolute Gasteiger partial charge is 0.314 e. The van der Waals surface area contributed by atoms with E-state index in [0.717, 1.165) is 69.8 Å². The zero-order valence-electron chi connectivity index (χ0n) is 24.5. The van der Waals surface area contributed by atoms with Crippen LogP contribution in [0.2, 0.25) is 0 Å². The third kappa shape index (κ3) is 4.45. The molecule has 0 amide bonds. The summed E-state index contributed by atoms with van der Waals surface area (Å²) < 4.78 is 25.5. The fourth-order valence-corrected chi connectivity index (χ4v) is 7.90. The van der Waals surface area contributed by atoms with Gasteiger partial charge in [-0.05, 0) is 100 Å². The molecule has 41 heavy (non-hydrogen) atoms. The first-order valence-electron chi connectivity index (χ1n) is 15.8. The van der Waals surface area contributed by atoms with Crippen LogP contribution in [0.4, 0.5) is 0 Å². The van der Waals surface area contributed by atoms with Crippen LogP contribution >= 0.6 is 0 Å². The van der Waals surface area contributed by atoms with Gasteiger partial charge in [0, 0.05) is 25.0 Å². The Morgan fingerprint density at radius 2 is 1.66 bits per heavy atom. The average molecular weight is 563 g/mol. The topological polar surface area (TPSA) is 88.1 Å². The maximum absolute atomic E-state index is 12.9. The van der Waals surface area contributed by atoms with Gasteiger partial charge in [0.25, 0.3) is 0 Å². The van der Waals surface area contributed by atoms with Crippen LogP contribution in [0.1, 0.15) is 95.6 Å². The highest BCUT2D eigenvalue weighted by atomic mass is 16.6. The number of ketones is 1. The second kappa shape index (κ2) is 9.96. The van der Waals surface area contributed by atoms with E-state index in [1.165, 1.54) is 5.56 Å². The summed E-state index contributed by atoms with van der Waals surface area (Å²) in [6, 6.07) is 3.96. The molecule has 5 unspecified atom stereocenters. The van der Waals surface area contributed by atoms with Gasteiger partial charge in [-0.25, -0.2) is 0 Å². The van der Waals surface area contributed by atoms with Crippen molar-refractivity contribution < 1.29 is 33.3 Å². The number of ether oxygens (including phenoxy) is 4. The summed E-state index contributed by atoms with van der Waals surface area (Å²) in [7, 11) is 1.79. The summed E-state index contributed by atoms with van der Waals surface area (Å²) >= 11 is 0. The molecular weight excluding hydrogens is 520 g/mol. The van der Waals surface area contributed by atoms with E-state index in [0.29, 0.717) is 47.7 Å². The molecule has 0 bridgehead atoms. The highest BCUT2D eigenvalue weighted by Gasteiger charge is 2.70. The summed E-state index contributed by atoms with van der Waals surface area (Å²) in [6.07, 6.45) is 11.6. The predicted octanol–water partition coefficient (Wildman–Crippen LogP) is 5.99. The Kier molecular flexibility index (Phi) is 6.60. The number of methoxy groups -OCH3 is 1. The number of esters is 2. The van der Waals surface area contributed by atoms with Crippen molar-refractivity contribution in [3.05, 3.63) is 35.1 Å². The van der Waals surface area contributed by atoms with Gasteiger partial charge in [-0.15, -0.1) is 0 Å². The molecule has 1 heterocycles. The normalized spacial score (nSPS) is 31.9. The molecular formula is C34H42O7. The predicted molar refractivity (Wildman–Crippen MR) is 150 cm³/mol. The van der Waals surface area contributed by atoms with Gasteiger partial charge in [-0.2, -0.15) is 0 Å². The van der Waals surface area contributed by atoms with E-state index >= 15 is 0 Å². The molecule has 3 fully saturated rings. The van der Waals surface area contributed by atoms with Crippen molar-refractivity contribution in [2.45, 2.75) is 108 Å². The number of Topliss-reactive ketones (excluding diaryl/α,β-unsaturated/α-hetero) is 1. The summed E-state index contributed by atoms with van der Waals surface area (Å²) in [4.78, 5) is 38.2. The van der Waals surface area contributed by atoms with Gasteiger partial charge >= 0.3 is 11.9 Å². The van der Waals surface area contributed by atoms with Crippen molar-refractivity contribution >= 4 is 17.7 Å². The van der Waals surface area contributed by atoms with Gasteiger partial charge in [0.05, 0.1) is 22.9 Å². The first-order chi connectivity index (χ1) is 19.8. The van der Waals surface area contributed by atoms with Crippen molar-refractivity contribution in [3.8, 4) is 11.5 Å². The first-order valence-corrected chi connectivity index (χ1v) is 15.8. The van der Waals surface area contributed by atoms with Crippen LogP contribution in [-0.2, 0) is 35.7 Å². The lowest BCUT2D eigenvalue weighted by Crippen LogP contribution is -2.66. The largest absolute Gasteiger partial charge is 0.477 e. The van der Waals surface area contributed by atoms with E-state index in [4.69, 9.17) is 18.9 Å². The lowest BCUT2D eigenvalue weighted by atomic mass is 9.50. The number of carbonyl (C=O) groups excluding carboxylic acids is 3. The van der Waals surface area contributed by atoms with E-state index in [1.807, 2.05) is 12.1 Å². The molecule has 5 atom stereocenters. The second-order valence-electron chi connectivity index (χ2n) is 13.7. The number of hydrogen-bond acceptors (Lipinski definition) is 7. The number of rotatable bonds is 12. The van der Waals surface area contributed by atoms with Gasteiger partial charge in [0.2, 0.25) is 0 Å². The van der Waals surface area contributed by atoms with Crippen molar-refractivity contribution in [2.24, 2.45) is 29.6 Å². The van der Waals surface area contributed by atoms with Crippen molar-refractivity contribution in [3.63, 3.8) is 0 Å². The van der Waals surface area contributed by atoms with E-state index in [-0.39, 0.29) is 29.7 Å². The zero-order chi connectivity index (χ0) is 28.5. The van der Waals surface area contributed by atoms with Crippen LogP contribution < -0.4 is 9.47 Å². The molecule has 6 aliphatic rings. The standard InChI is InChI=1S/C34H42O7/c1-19(4-12-25(35)21-5-6-21)14-16-33-28-24-11-13-26(39-31(36)22-7-8-22)29(28)41-30(33)27(40-32(37)23-9-10-23)15-17-34(33,38-3)20(2)18-24/h11,13,15,19-23,30H,4-10,12,14,16-18H2,1-3H3. The molecule has 0 radical (unpaired) electrons. The van der Waals surface area contributed by atoms with Gasteiger partial charge in [0.1, 0.15) is 11.5 Å². The molecule has 0 aromatic heterocycles. The quantitative estimate of drug-likeness (QED) is 0.228. The highest BCUT2D eigenvalue weighted by molar-refractivity contribution is 5.83. The maximum Gasteiger partial charge on any atom is 0.314 e. The van der Waals surface area contributed by atoms with Gasteiger partial charge < -0.3 is 18.9 Å². The number of hydrogen-bond donors (Lipinski definition) is 0. The Labute approximate surface area is 242 Å². The lowest BCUT2D eigenvalue weighted by Gasteiger charge is -2.58. The molecule has 0 spiro atoms. The van der Waals surface area contributed by atoms with Crippen LogP contribution in [0.5, 0.6) is 11.5 Å². The summed E-state index contributed by atoms with van der Waals surface area (Å²) in [6.45, 7) is 4.48. The Morgan fingerprint density at radius 1 is 0.976 bits per heavy atom. The molecule has 220 valence electrons. The van der Waals surface area contributed by atoms with Crippen LogP contribution in [0, 0.1) is 29.6 Å². The Morgan fingerprint density at radius 3 is 2.32 bits per heavy atom. The van der Waals surface area contributed by atoms with E-state index < -0.39 is 17.1 Å². The van der Waals surface area contributed by atoms with E-state index in [1.54, 1.807) is 7.11 Å². The molecule has 5 aliphatic carbocycles. The van der Waals surface area contributed by atoms with E-state index in [2.05, 4.69) is 19.9 Å². The average Bonchev–Trinajstić information content (AvgIpc) is 3.81. The number of carbonyl (C=O) groups is 3. The fourth-order valence-electron chi connectivity index (χ4n) is 7.90. The molecule has 0 N–H and O–H groups in total. The Balaban J connectivity index is 1.28. The Bertz CT molecular complexity index is 1300. The van der Waals surface area contributed by atoms with Crippen molar-refractivity contribution in [1.82, 2.24) is 0 Å². The van der Waals surface area contributed by atoms with Gasteiger partial charge in [-0.3, -0.25) is 14.4 Å². The zero-order valence-corrected chi connectivity index (χ0v) is 24.5. The number of benzene rings is 1. The van der Waals surface area contributed by atoms with Gasteiger partial charge in [-0.1, -0.05) is 19.9 Å². The maximum atomic E-state index is 12.9. The third-order valence-corrected chi connectivity index (χ3v) is 10.8. The molecule has 1 aromatic rings. The molecule has 7 heteroatoms. The Hall–Kier alpha value is -2.67. The van der Waals surface area contributed by atoms with Crippen LogP contribution in [-0.4, -0.2) is 36.5 Å². The first kappa shape index (κ1) is 27.2. The van der Waals surface area contributed by atoms with E-state index in [9.17, 15) is 14.4 Å². The minimum Gasteiger partial charge on any atom is -0.477 e. The van der Waals surface area contributed by atoms with Crippen molar-refractivity contribution in [1.29, 1.82) is 0 Å². The minimum atomic E-state index is -0.616. The summed E-state index contributed by atoms with van der Waals surface area (Å²) in [5, 5.41) is 0. The van der Waals surface area contributed by atoms with Crippen LogP contribution in [0.15, 0.2) is 24.0 Å².